The predicted molar refractivity (Wildman–Crippen MR) is 52.1 cm³/mol. The minimum absolute atomic E-state index is 0.00198. The topological polar surface area (TPSA) is 36.7 Å². The molecule has 0 aliphatic carbocycles. The van der Waals surface area contributed by atoms with Crippen molar-refractivity contribution in [3.8, 4) is 6.07 Å². The molecular formula is C11H13FN2. The van der Waals surface area contributed by atoms with Crippen LogP contribution >= 0.6 is 0 Å². The number of pyridine rings is 1. The summed E-state index contributed by atoms with van der Waals surface area (Å²) in [4.78, 5) is 3.94. The first-order valence-electron chi connectivity index (χ1n) is 4.47. The third-order valence-corrected chi connectivity index (χ3v) is 1.74. The molecule has 0 atom stereocenters. The number of hydrogen-bond donors (Lipinski definition) is 0. The lowest BCUT2D eigenvalue weighted by Crippen LogP contribution is -2.12. The van der Waals surface area contributed by atoms with Gasteiger partial charge in [0.25, 0.3) is 0 Å². The highest BCUT2D eigenvalue weighted by Gasteiger charge is 2.15. The van der Waals surface area contributed by atoms with E-state index in [4.69, 9.17) is 5.26 Å². The Labute approximate surface area is 83.4 Å². The standard InChI is InChI=1S/C11H13FN2/c1-11(2,3)5-10-9(12)4-8(6-13)7-14-10/h4,7H,5H2,1-3H3. The molecule has 0 amide bonds. The average Bonchev–Trinajstić information content (AvgIpc) is 2.06. The summed E-state index contributed by atoms with van der Waals surface area (Å²) in [6.45, 7) is 6.06. The molecule has 0 unspecified atom stereocenters. The highest BCUT2D eigenvalue weighted by molar-refractivity contribution is 5.27. The molecule has 0 saturated heterocycles. The van der Waals surface area contributed by atoms with Gasteiger partial charge in [-0.15, -0.1) is 0 Å². The molecule has 0 aromatic carbocycles. The number of aromatic nitrogens is 1. The zero-order chi connectivity index (χ0) is 10.8. The smallest absolute Gasteiger partial charge is 0.146 e. The van der Waals surface area contributed by atoms with Crippen LogP contribution in [-0.4, -0.2) is 4.98 Å². The van der Waals surface area contributed by atoms with Crippen molar-refractivity contribution in [1.82, 2.24) is 4.98 Å². The number of halogens is 1. The third kappa shape index (κ3) is 2.81. The monoisotopic (exact) mass is 192 g/mol. The average molecular weight is 192 g/mol. The van der Waals surface area contributed by atoms with Crippen molar-refractivity contribution in [2.75, 3.05) is 0 Å². The van der Waals surface area contributed by atoms with Gasteiger partial charge in [0.1, 0.15) is 11.9 Å². The molecule has 1 rings (SSSR count). The zero-order valence-corrected chi connectivity index (χ0v) is 8.63. The van der Waals surface area contributed by atoms with Crippen molar-refractivity contribution in [1.29, 1.82) is 5.26 Å². The Balaban J connectivity index is 2.97. The Kier molecular flexibility index (Phi) is 2.85. The first kappa shape index (κ1) is 10.6. The summed E-state index contributed by atoms with van der Waals surface area (Å²) in [6.07, 6.45) is 1.98. The van der Waals surface area contributed by atoms with Crippen LogP contribution in [-0.2, 0) is 6.42 Å². The van der Waals surface area contributed by atoms with E-state index < -0.39 is 0 Å². The first-order chi connectivity index (χ1) is 6.42. The van der Waals surface area contributed by atoms with Crippen molar-refractivity contribution in [3.63, 3.8) is 0 Å². The lowest BCUT2D eigenvalue weighted by atomic mass is 9.90. The van der Waals surface area contributed by atoms with Crippen molar-refractivity contribution < 1.29 is 4.39 Å². The zero-order valence-electron chi connectivity index (χ0n) is 8.63. The molecule has 1 aromatic heterocycles. The predicted octanol–water partition coefficient (Wildman–Crippen LogP) is 2.68. The van der Waals surface area contributed by atoms with Gasteiger partial charge in [0.15, 0.2) is 0 Å². The molecule has 2 nitrogen and oxygen atoms in total. The molecule has 0 spiro atoms. The minimum Gasteiger partial charge on any atom is -0.257 e. The summed E-state index contributed by atoms with van der Waals surface area (Å²) in [5, 5.41) is 8.53. The summed E-state index contributed by atoms with van der Waals surface area (Å²) < 4.78 is 13.4. The first-order valence-corrected chi connectivity index (χ1v) is 4.47. The molecule has 0 saturated carbocycles. The van der Waals surface area contributed by atoms with E-state index in [1.807, 2.05) is 26.8 Å². The van der Waals surface area contributed by atoms with E-state index in [2.05, 4.69) is 4.98 Å². The van der Waals surface area contributed by atoms with Crippen LogP contribution in [0.15, 0.2) is 12.3 Å². The van der Waals surface area contributed by atoms with Gasteiger partial charge in [0.2, 0.25) is 0 Å². The van der Waals surface area contributed by atoms with Crippen LogP contribution in [0.3, 0.4) is 0 Å². The van der Waals surface area contributed by atoms with Gasteiger partial charge in [0, 0.05) is 6.20 Å². The second-order valence-corrected chi connectivity index (χ2v) is 4.50. The molecule has 1 heterocycles. The van der Waals surface area contributed by atoms with Gasteiger partial charge in [-0.05, 0) is 17.9 Å². The fraction of sp³-hybridized carbons (Fsp3) is 0.455. The summed E-state index contributed by atoms with van der Waals surface area (Å²) in [7, 11) is 0. The summed E-state index contributed by atoms with van der Waals surface area (Å²) in [5.74, 6) is -0.390. The van der Waals surface area contributed by atoms with Crippen molar-refractivity contribution >= 4 is 0 Å². The van der Waals surface area contributed by atoms with Crippen molar-refractivity contribution in [2.24, 2.45) is 5.41 Å². The van der Waals surface area contributed by atoms with Crippen LogP contribution in [0.4, 0.5) is 4.39 Å². The maximum Gasteiger partial charge on any atom is 0.146 e. The van der Waals surface area contributed by atoms with Gasteiger partial charge in [-0.3, -0.25) is 4.98 Å². The van der Waals surface area contributed by atoms with Crippen LogP contribution in [0.1, 0.15) is 32.0 Å². The van der Waals surface area contributed by atoms with Crippen molar-refractivity contribution in [2.45, 2.75) is 27.2 Å². The Morgan fingerprint density at radius 1 is 1.50 bits per heavy atom. The van der Waals surface area contributed by atoms with Crippen LogP contribution < -0.4 is 0 Å². The lowest BCUT2D eigenvalue weighted by molar-refractivity contribution is 0.396. The fourth-order valence-electron chi connectivity index (χ4n) is 1.16. The number of rotatable bonds is 1. The Bertz CT molecular complexity index is 372. The molecule has 0 bridgehead atoms. The molecule has 0 fully saturated rings. The van der Waals surface area contributed by atoms with E-state index in [0.29, 0.717) is 12.1 Å². The normalized spacial score (nSPS) is 11.1. The molecule has 1 aromatic rings. The summed E-state index contributed by atoms with van der Waals surface area (Å²) in [5.41, 5.74) is 0.693. The largest absolute Gasteiger partial charge is 0.257 e. The molecule has 0 aliphatic heterocycles. The van der Waals surface area contributed by atoms with Crippen LogP contribution in [0, 0.1) is 22.6 Å². The van der Waals surface area contributed by atoms with E-state index in [0.717, 1.165) is 0 Å². The molecule has 0 aliphatic rings. The highest BCUT2D eigenvalue weighted by atomic mass is 19.1. The fourth-order valence-corrected chi connectivity index (χ4v) is 1.16. The summed E-state index contributed by atoms with van der Waals surface area (Å²) >= 11 is 0. The van der Waals surface area contributed by atoms with Gasteiger partial charge in [-0.2, -0.15) is 5.26 Å². The highest BCUT2D eigenvalue weighted by Crippen LogP contribution is 2.21. The molecule has 74 valence electrons. The van der Waals surface area contributed by atoms with E-state index in [1.54, 1.807) is 0 Å². The summed E-state index contributed by atoms with van der Waals surface area (Å²) in [6, 6.07) is 3.09. The van der Waals surface area contributed by atoms with Crippen LogP contribution in [0.5, 0.6) is 0 Å². The SMILES string of the molecule is CC(C)(C)Cc1ncc(C#N)cc1F. The maximum absolute atomic E-state index is 13.4. The quantitative estimate of drug-likeness (QED) is 0.685. The Hall–Kier alpha value is -1.43. The molecule has 0 N–H and O–H groups in total. The van der Waals surface area contributed by atoms with Gasteiger partial charge < -0.3 is 0 Å². The van der Waals surface area contributed by atoms with Gasteiger partial charge in [-0.25, -0.2) is 4.39 Å². The number of nitriles is 1. The second-order valence-electron chi connectivity index (χ2n) is 4.50. The Morgan fingerprint density at radius 3 is 2.57 bits per heavy atom. The minimum atomic E-state index is -0.390. The Morgan fingerprint density at radius 2 is 2.14 bits per heavy atom. The third-order valence-electron chi connectivity index (χ3n) is 1.74. The maximum atomic E-state index is 13.4. The number of hydrogen-bond acceptors (Lipinski definition) is 2. The van der Waals surface area contributed by atoms with Gasteiger partial charge in [0.05, 0.1) is 11.3 Å². The molecule has 3 heteroatoms. The van der Waals surface area contributed by atoms with Crippen LogP contribution in [0.25, 0.3) is 0 Å². The van der Waals surface area contributed by atoms with E-state index in [-0.39, 0.29) is 16.8 Å². The lowest BCUT2D eigenvalue weighted by Gasteiger charge is -2.17. The van der Waals surface area contributed by atoms with Gasteiger partial charge in [-0.1, -0.05) is 20.8 Å². The van der Waals surface area contributed by atoms with Gasteiger partial charge >= 0.3 is 0 Å². The molecular weight excluding hydrogens is 179 g/mol. The van der Waals surface area contributed by atoms with Crippen molar-refractivity contribution in [3.05, 3.63) is 29.3 Å². The molecule has 0 radical (unpaired) electrons. The second kappa shape index (κ2) is 3.75. The van der Waals surface area contributed by atoms with E-state index in [1.165, 1.54) is 12.3 Å². The number of nitrogens with zero attached hydrogens (tertiary/aromatic N) is 2. The molecule has 14 heavy (non-hydrogen) atoms. The van der Waals surface area contributed by atoms with E-state index >= 15 is 0 Å². The van der Waals surface area contributed by atoms with E-state index in [9.17, 15) is 4.39 Å². The van der Waals surface area contributed by atoms with Crippen LogP contribution in [0.2, 0.25) is 0 Å².